The number of nitrogens with zero attached hydrogens (tertiary/aromatic N) is 2. The molecule has 21 heavy (non-hydrogen) atoms. The highest BCUT2D eigenvalue weighted by Crippen LogP contribution is 2.12. The lowest BCUT2D eigenvalue weighted by Crippen LogP contribution is -2.22. The Hall–Kier alpha value is -1.72. The van der Waals surface area contributed by atoms with Crippen molar-refractivity contribution < 1.29 is 9.90 Å². The summed E-state index contributed by atoms with van der Waals surface area (Å²) >= 11 is 3.36. The molecule has 110 valence electrons. The second kappa shape index (κ2) is 7.33. The van der Waals surface area contributed by atoms with Crippen LogP contribution >= 0.6 is 15.9 Å². The van der Waals surface area contributed by atoms with Crippen molar-refractivity contribution in [2.24, 2.45) is 0 Å². The minimum atomic E-state index is -0.872. The van der Waals surface area contributed by atoms with Gasteiger partial charge in [-0.1, -0.05) is 18.2 Å². The van der Waals surface area contributed by atoms with Crippen LogP contribution in [0.15, 0.2) is 47.1 Å². The SMILES string of the molecule is CN(CCc1ccccc1C(=O)O)Cc1ccc(Br)cn1. The number of carboxylic acid groups (broad SMARTS) is 1. The molecular weight excluding hydrogens is 332 g/mol. The van der Waals surface area contributed by atoms with E-state index in [1.165, 1.54) is 0 Å². The molecule has 0 spiro atoms. The molecule has 0 amide bonds. The van der Waals surface area contributed by atoms with Gasteiger partial charge in [-0.25, -0.2) is 4.79 Å². The second-order valence-electron chi connectivity index (χ2n) is 4.92. The van der Waals surface area contributed by atoms with Crippen molar-refractivity contribution in [2.45, 2.75) is 13.0 Å². The maximum absolute atomic E-state index is 11.2. The van der Waals surface area contributed by atoms with Crippen LogP contribution in [-0.4, -0.2) is 34.6 Å². The summed E-state index contributed by atoms with van der Waals surface area (Å²) in [6, 6.07) is 11.1. The van der Waals surface area contributed by atoms with Gasteiger partial charge in [0.1, 0.15) is 0 Å². The minimum absolute atomic E-state index is 0.382. The van der Waals surface area contributed by atoms with Crippen LogP contribution in [0.3, 0.4) is 0 Å². The zero-order valence-electron chi connectivity index (χ0n) is 11.8. The van der Waals surface area contributed by atoms with E-state index in [4.69, 9.17) is 5.11 Å². The van der Waals surface area contributed by atoms with Crippen molar-refractivity contribution >= 4 is 21.9 Å². The molecule has 1 heterocycles. The van der Waals surface area contributed by atoms with E-state index in [2.05, 4.69) is 25.8 Å². The van der Waals surface area contributed by atoms with Gasteiger partial charge in [0.05, 0.1) is 11.3 Å². The van der Waals surface area contributed by atoms with Gasteiger partial charge < -0.3 is 10.0 Å². The number of carbonyl (C=O) groups is 1. The molecule has 5 heteroatoms. The molecule has 0 saturated heterocycles. The predicted molar refractivity (Wildman–Crippen MR) is 85.4 cm³/mol. The number of hydrogen-bond acceptors (Lipinski definition) is 3. The van der Waals surface area contributed by atoms with Crippen molar-refractivity contribution in [3.63, 3.8) is 0 Å². The van der Waals surface area contributed by atoms with E-state index in [0.29, 0.717) is 12.0 Å². The molecule has 1 aromatic carbocycles. The van der Waals surface area contributed by atoms with Gasteiger partial charge in [-0.15, -0.1) is 0 Å². The summed E-state index contributed by atoms with van der Waals surface area (Å²) in [4.78, 5) is 17.6. The Kier molecular flexibility index (Phi) is 5.47. The number of rotatable bonds is 6. The fourth-order valence-electron chi connectivity index (χ4n) is 2.11. The summed E-state index contributed by atoms with van der Waals surface area (Å²) in [6.07, 6.45) is 2.48. The fourth-order valence-corrected chi connectivity index (χ4v) is 2.35. The topological polar surface area (TPSA) is 53.4 Å². The summed E-state index contributed by atoms with van der Waals surface area (Å²) in [5.74, 6) is -0.872. The third-order valence-electron chi connectivity index (χ3n) is 3.23. The van der Waals surface area contributed by atoms with Crippen LogP contribution in [0.25, 0.3) is 0 Å². The van der Waals surface area contributed by atoms with Gasteiger partial charge in [0.25, 0.3) is 0 Å². The maximum Gasteiger partial charge on any atom is 0.335 e. The molecule has 1 N–H and O–H groups in total. The standard InChI is InChI=1S/C16H17BrN2O2/c1-19(11-14-7-6-13(17)10-18-14)9-8-12-4-2-3-5-15(12)16(20)21/h2-7,10H,8-9,11H2,1H3,(H,20,21). The number of carboxylic acids is 1. The Labute approximate surface area is 132 Å². The highest BCUT2D eigenvalue weighted by molar-refractivity contribution is 9.10. The first-order valence-corrected chi connectivity index (χ1v) is 7.46. The van der Waals surface area contributed by atoms with Crippen molar-refractivity contribution in [3.8, 4) is 0 Å². The molecular formula is C16H17BrN2O2. The van der Waals surface area contributed by atoms with Gasteiger partial charge in [0, 0.05) is 23.8 Å². The number of pyridine rings is 1. The molecule has 0 unspecified atom stereocenters. The van der Waals surface area contributed by atoms with Crippen LogP contribution < -0.4 is 0 Å². The lowest BCUT2D eigenvalue weighted by Gasteiger charge is -2.16. The fraction of sp³-hybridized carbons (Fsp3) is 0.250. The number of halogens is 1. The van der Waals surface area contributed by atoms with Crippen molar-refractivity contribution in [2.75, 3.05) is 13.6 Å². The monoisotopic (exact) mass is 348 g/mol. The average molecular weight is 349 g/mol. The number of hydrogen-bond donors (Lipinski definition) is 1. The van der Waals surface area contributed by atoms with E-state index in [0.717, 1.165) is 28.8 Å². The molecule has 4 nitrogen and oxygen atoms in total. The van der Waals surface area contributed by atoms with E-state index in [1.807, 2.05) is 31.3 Å². The minimum Gasteiger partial charge on any atom is -0.478 e. The zero-order valence-corrected chi connectivity index (χ0v) is 13.4. The summed E-state index contributed by atoms with van der Waals surface area (Å²) in [5, 5.41) is 9.16. The van der Waals surface area contributed by atoms with Crippen LogP contribution in [-0.2, 0) is 13.0 Å². The Morgan fingerprint density at radius 1 is 1.29 bits per heavy atom. The Bertz CT molecular complexity index is 614. The quantitative estimate of drug-likeness (QED) is 0.870. The van der Waals surface area contributed by atoms with E-state index < -0.39 is 5.97 Å². The summed E-state index contributed by atoms with van der Waals surface area (Å²) in [7, 11) is 2.01. The molecule has 0 aliphatic heterocycles. The molecule has 2 rings (SSSR count). The largest absolute Gasteiger partial charge is 0.478 e. The van der Waals surface area contributed by atoms with E-state index in [-0.39, 0.29) is 0 Å². The van der Waals surface area contributed by atoms with Gasteiger partial charge in [-0.3, -0.25) is 4.98 Å². The molecule has 0 bridgehead atoms. The van der Waals surface area contributed by atoms with E-state index >= 15 is 0 Å². The Morgan fingerprint density at radius 2 is 2.05 bits per heavy atom. The first kappa shape index (κ1) is 15.7. The first-order valence-electron chi connectivity index (χ1n) is 6.66. The number of benzene rings is 1. The highest BCUT2D eigenvalue weighted by Gasteiger charge is 2.10. The molecule has 0 aliphatic rings. The summed E-state index contributed by atoms with van der Waals surface area (Å²) in [6.45, 7) is 1.52. The number of likely N-dealkylation sites (N-methyl/N-ethyl adjacent to an activating group) is 1. The van der Waals surface area contributed by atoms with Gasteiger partial charge in [-0.2, -0.15) is 0 Å². The highest BCUT2D eigenvalue weighted by atomic mass is 79.9. The molecule has 0 fully saturated rings. The molecule has 2 aromatic rings. The van der Waals surface area contributed by atoms with E-state index in [9.17, 15) is 4.79 Å². The normalized spacial score (nSPS) is 10.8. The third kappa shape index (κ3) is 4.65. The molecule has 1 aromatic heterocycles. The number of aromatic carboxylic acids is 1. The van der Waals surface area contributed by atoms with Gasteiger partial charge in [0.15, 0.2) is 0 Å². The van der Waals surface area contributed by atoms with Crippen LogP contribution in [0, 0.1) is 0 Å². The molecule has 0 radical (unpaired) electrons. The van der Waals surface area contributed by atoms with Crippen molar-refractivity contribution in [1.82, 2.24) is 9.88 Å². The van der Waals surface area contributed by atoms with Crippen LogP contribution in [0.4, 0.5) is 0 Å². The van der Waals surface area contributed by atoms with Gasteiger partial charge >= 0.3 is 5.97 Å². The van der Waals surface area contributed by atoms with Crippen LogP contribution in [0.2, 0.25) is 0 Å². The lowest BCUT2D eigenvalue weighted by molar-refractivity contribution is 0.0695. The van der Waals surface area contributed by atoms with Gasteiger partial charge in [0.2, 0.25) is 0 Å². The van der Waals surface area contributed by atoms with E-state index in [1.54, 1.807) is 18.3 Å². The summed E-state index contributed by atoms with van der Waals surface area (Å²) < 4.78 is 0.962. The first-order chi connectivity index (χ1) is 10.1. The van der Waals surface area contributed by atoms with Crippen molar-refractivity contribution in [1.29, 1.82) is 0 Å². The Morgan fingerprint density at radius 3 is 2.71 bits per heavy atom. The molecule has 0 aliphatic carbocycles. The van der Waals surface area contributed by atoms with Crippen LogP contribution in [0.5, 0.6) is 0 Å². The summed E-state index contributed by atoms with van der Waals surface area (Å²) in [5.41, 5.74) is 2.24. The second-order valence-corrected chi connectivity index (χ2v) is 5.83. The molecule has 0 atom stereocenters. The number of aromatic nitrogens is 1. The average Bonchev–Trinajstić information content (AvgIpc) is 2.48. The Balaban J connectivity index is 1.93. The lowest BCUT2D eigenvalue weighted by atomic mass is 10.0. The smallest absolute Gasteiger partial charge is 0.335 e. The van der Waals surface area contributed by atoms with Crippen LogP contribution in [0.1, 0.15) is 21.6 Å². The zero-order chi connectivity index (χ0) is 15.2. The predicted octanol–water partition coefficient (Wildman–Crippen LogP) is 3.22. The molecule has 0 saturated carbocycles. The maximum atomic E-state index is 11.2. The van der Waals surface area contributed by atoms with Crippen molar-refractivity contribution in [3.05, 3.63) is 63.9 Å². The third-order valence-corrected chi connectivity index (χ3v) is 3.70. The van der Waals surface area contributed by atoms with Gasteiger partial charge in [-0.05, 0) is 53.2 Å².